The Morgan fingerprint density at radius 3 is 2.63 bits per heavy atom. The Labute approximate surface area is 214 Å². The van der Waals surface area contributed by atoms with Crippen molar-refractivity contribution >= 4 is 40.4 Å². The van der Waals surface area contributed by atoms with E-state index in [4.69, 9.17) is 44.8 Å². The number of nitrogens with two attached hydrogens (primary N) is 2. The van der Waals surface area contributed by atoms with E-state index in [1.807, 2.05) is 18.7 Å². The summed E-state index contributed by atoms with van der Waals surface area (Å²) in [7, 11) is 0. The van der Waals surface area contributed by atoms with Gasteiger partial charge in [-0.05, 0) is 45.0 Å². The van der Waals surface area contributed by atoms with Gasteiger partial charge in [0.2, 0.25) is 0 Å². The molecule has 5 N–H and O–H groups in total. The summed E-state index contributed by atoms with van der Waals surface area (Å²) in [6, 6.07) is 8.89. The van der Waals surface area contributed by atoms with Gasteiger partial charge in [-0.3, -0.25) is 10.4 Å². The quantitative estimate of drug-likeness (QED) is 0.324. The molecular weight excluding hydrogens is 485 g/mol. The lowest BCUT2D eigenvalue weighted by atomic mass is 9.93. The van der Waals surface area contributed by atoms with Crippen molar-refractivity contribution in [3.05, 3.63) is 74.7 Å². The minimum absolute atomic E-state index is 0.124. The highest BCUT2D eigenvalue weighted by Crippen LogP contribution is 2.35. The molecule has 2 aromatic heterocycles. The predicted octanol–water partition coefficient (Wildman–Crippen LogP) is 4.64. The van der Waals surface area contributed by atoms with Crippen molar-refractivity contribution in [2.75, 3.05) is 23.7 Å². The van der Waals surface area contributed by atoms with Gasteiger partial charge in [-0.2, -0.15) is 5.26 Å². The summed E-state index contributed by atoms with van der Waals surface area (Å²) in [6.45, 7) is 6.80. The number of halogens is 2. The van der Waals surface area contributed by atoms with E-state index >= 15 is 0 Å². The number of aromatic nitrogens is 2. The molecule has 1 aliphatic rings. The fourth-order valence-electron chi connectivity index (χ4n) is 4.10. The highest BCUT2D eigenvalue weighted by atomic mass is 35.5. The molecule has 0 aliphatic carbocycles. The number of nitrogen functional groups attached to an aromatic ring is 1. The largest absolute Gasteiger partial charge is 0.486 e. The van der Waals surface area contributed by atoms with E-state index in [0.717, 1.165) is 0 Å². The van der Waals surface area contributed by atoms with Gasteiger partial charge < -0.3 is 21.1 Å². The number of aryl methyl sites for hydroxylation is 1. The van der Waals surface area contributed by atoms with Crippen molar-refractivity contribution in [3.63, 3.8) is 0 Å². The molecule has 1 fully saturated rings. The van der Waals surface area contributed by atoms with Crippen LogP contribution in [0.15, 0.2) is 36.7 Å². The van der Waals surface area contributed by atoms with Crippen molar-refractivity contribution in [2.45, 2.75) is 32.4 Å². The van der Waals surface area contributed by atoms with E-state index in [1.165, 1.54) is 0 Å². The summed E-state index contributed by atoms with van der Waals surface area (Å²) in [5, 5.41) is 19.3. The average molecular weight is 510 g/mol. The maximum absolute atomic E-state index is 9.68. The molecular formula is C25H25Cl2N7O. The minimum atomic E-state index is -0.474. The van der Waals surface area contributed by atoms with Crippen LogP contribution in [-0.4, -0.2) is 34.3 Å². The Balaban J connectivity index is 1.60. The van der Waals surface area contributed by atoms with Gasteiger partial charge in [-0.15, -0.1) is 0 Å². The van der Waals surface area contributed by atoms with Crippen LogP contribution in [0.1, 0.15) is 47.9 Å². The van der Waals surface area contributed by atoms with Gasteiger partial charge in [0.15, 0.2) is 0 Å². The lowest BCUT2D eigenvalue weighted by molar-refractivity contribution is 0.227. The molecule has 1 atom stereocenters. The van der Waals surface area contributed by atoms with Crippen molar-refractivity contribution in [1.82, 2.24) is 9.97 Å². The summed E-state index contributed by atoms with van der Waals surface area (Å²) in [6.07, 6.45) is 2.64. The predicted molar refractivity (Wildman–Crippen MR) is 139 cm³/mol. The zero-order valence-electron chi connectivity index (χ0n) is 19.6. The number of hydrogen-bond acceptors (Lipinski definition) is 8. The van der Waals surface area contributed by atoms with Gasteiger partial charge in [-0.25, -0.2) is 4.98 Å². The van der Waals surface area contributed by atoms with Crippen molar-refractivity contribution in [2.24, 2.45) is 5.73 Å². The number of nitriles is 1. The normalized spacial score (nSPS) is 15.2. The Kier molecular flexibility index (Phi) is 6.60. The van der Waals surface area contributed by atoms with Crippen molar-refractivity contribution in [3.8, 4) is 11.8 Å². The smallest absolute Gasteiger partial charge is 0.146 e. The van der Waals surface area contributed by atoms with Crippen LogP contribution in [0.5, 0.6) is 5.75 Å². The number of pyridine rings is 2. The van der Waals surface area contributed by atoms with E-state index in [0.29, 0.717) is 68.3 Å². The number of hydrogen-bond donors (Lipinski definition) is 3. The molecule has 3 heterocycles. The zero-order chi connectivity index (χ0) is 25.5. The molecule has 0 unspecified atom stereocenters. The Morgan fingerprint density at radius 1 is 1.26 bits per heavy atom. The van der Waals surface area contributed by atoms with Gasteiger partial charge >= 0.3 is 0 Å². The molecule has 180 valence electrons. The molecule has 35 heavy (non-hydrogen) atoms. The second kappa shape index (κ2) is 9.34. The average Bonchev–Trinajstić information content (AvgIpc) is 2.80. The molecule has 4 rings (SSSR count). The maximum Gasteiger partial charge on any atom is 0.146 e. The van der Waals surface area contributed by atoms with Gasteiger partial charge in [-0.1, -0.05) is 23.2 Å². The topological polar surface area (TPSA) is 138 Å². The van der Waals surface area contributed by atoms with Crippen LogP contribution in [0.2, 0.25) is 10.0 Å². The van der Waals surface area contributed by atoms with Gasteiger partial charge in [0.1, 0.15) is 23.7 Å². The van der Waals surface area contributed by atoms with E-state index in [2.05, 4.69) is 16.0 Å². The van der Waals surface area contributed by atoms with Crippen LogP contribution in [0.3, 0.4) is 0 Å². The Morgan fingerprint density at radius 2 is 1.97 bits per heavy atom. The third-order valence-electron chi connectivity index (χ3n) is 5.88. The fourth-order valence-corrected chi connectivity index (χ4v) is 4.75. The first-order valence-electron chi connectivity index (χ1n) is 10.9. The molecule has 1 aliphatic heterocycles. The molecule has 10 heteroatoms. The number of anilines is 2. The molecule has 8 nitrogen and oxygen atoms in total. The third kappa shape index (κ3) is 4.89. The molecule has 1 aromatic carbocycles. The second-order valence-corrected chi connectivity index (χ2v) is 9.81. The Bertz CT molecular complexity index is 1360. The first kappa shape index (κ1) is 24.7. The fraction of sp³-hybridized carbons (Fsp3) is 0.280. The van der Waals surface area contributed by atoms with Crippen LogP contribution in [-0.2, 0) is 0 Å². The van der Waals surface area contributed by atoms with Crippen molar-refractivity contribution in [1.29, 1.82) is 10.7 Å². The Hall–Kier alpha value is -3.38. The molecule has 0 saturated carbocycles. The summed E-state index contributed by atoms with van der Waals surface area (Å²) in [5.41, 5.74) is 15.1. The van der Waals surface area contributed by atoms with Crippen LogP contribution in [0.25, 0.3) is 0 Å². The van der Waals surface area contributed by atoms with E-state index in [-0.39, 0.29) is 11.3 Å². The van der Waals surface area contributed by atoms with Crippen LogP contribution < -0.4 is 21.1 Å². The van der Waals surface area contributed by atoms with E-state index in [1.54, 1.807) is 43.6 Å². The standard InChI is InChI=1S/C25H25Cl2N7O/c1-13-22(27)21(19(26)10-32-13)14(2)35-17-4-5-20(29)18(7-17)23(30)16-6-15(8-28)24(33-9-16)34-11-25(3,31)12-34/h4-7,9-10,14,30H,11-12,29,31H2,1-3H3/t14-/m1/s1. The molecule has 0 amide bonds. The first-order chi connectivity index (χ1) is 16.5. The molecule has 1 saturated heterocycles. The van der Waals surface area contributed by atoms with Gasteiger partial charge in [0, 0.05) is 53.4 Å². The number of rotatable bonds is 6. The van der Waals surface area contributed by atoms with Gasteiger partial charge in [0.05, 0.1) is 27.0 Å². The number of nitrogens with zero attached hydrogens (tertiary/aromatic N) is 4. The number of benzene rings is 1. The zero-order valence-corrected chi connectivity index (χ0v) is 21.1. The maximum atomic E-state index is 9.68. The first-order valence-corrected chi connectivity index (χ1v) is 11.7. The molecule has 3 aromatic rings. The van der Waals surface area contributed by atoms with Crippen molar-refractivity contribution < 1.29 is 4.74 Å². The second-order valence-electron chi connectivity index (χ2n) is 9.02. The van der Waals surface area contributed by atoms with Crippen LogP contribution >= 0.6 is 23.2 Å². The molecule has 0 spiro atoms. The molecule has 0 radical (unpaired) electrons. The highest BCUT2D eigenvalue weighted by molar-refractivity contribution is 6.36. The molecule has 0 bridgehead atoms. The number of nitrogens with one attached hydrogen (secondary N) is 1. The monoisotopic (exact) mass is 509 g/mol. The summed E-state index contributed by atoms with van der Waals surface area (Å²) >= 11 is 12.7. The van der Waals surface area contributed by atoms with E-state index in [9.17, 15) is 5.26 Å². The lowest BCUT2D eigenvalue weighted by Crippen LogP contribution is -2.66. The SMILES string of the molecule is Cc1ncc(Cl)c([C@@H](C)Oc2ccc(N)c(C(=N)c3cnc(N4CC(C)(N)C4)c(C#N)c3)c2)c1Cl. The van der Waals surface area contributed by atoms with Crippen LogP contribution in [0, 0.1) is 23.7 Å². The van der Waals surface area contributed by atoms with Crippen LogP contribution in [0.4, 0.5) is 11.5 Å². The third-order valence-corrected chi connectivity index (χ3v) is 6.65. The van der Waals surface area contributed by atoms with E-state index < -0.39 is 6.10 Å². The number of ether oxygens (including phenoxy) is 1. The summed E-state index contributed by atoms with van der Waals surface area (Å²) in [4.78, 5) is 10.6. The minimum Gasteiger partial charge on any atom is -0.486 e. The van der Waals surface area contributed by atoms with Gasteiger partial charge in [0.25, 0.3) is 0 Å². The highest BCUT2D eigenvalue weighted by Gasteiger charge is 2.36. The summed E-state index contributed by atoms with van der Waals surface area (Å²) < 4.78 is 6.10. The lowest BCUT2D eigenvalue weighted by Gasteiger charge is -2.46. The summed E-state index contributed by atoms with van der Waals surface area (Å²) in [5.74, 6) is 1.05.